The summed E-state index contributed by atoms with van der Waals surface area (Å²) in [5.74, 6) is 0.259. The molecule has 0 unspecified atom stereocenters. The first kappa shape index (κ1) is 10.5. The maximum Gasteiger partial charge on any atom is 0.120 e. The Morgan fingerprint density at radius 3 is 2.69 bits per heavy atom. The van der Waals surface area contributed by atoms with Crippen LogP contribution in [-0.2, 0) is 5.54 Å². The average molecular weight is 244 g/mol. The third kappa shape index (κ3) is 2.23. The van der Waals surface area contributed by atoms with Gasteiger partial charge in [0.15, 0.2) is 0 Å². The molecule has 3 N–H and O–H groups in total. The number of phenolic OH excluding ortho intramolecular Hbond substituents is 1. The molecule has 3 heteroatoms. The Bertz CT molecular complexity index is 310. The standard InChI is InChI=1S/C10H14BrNO/c1-3-10(2,12)8-6-7(11)4-5-9(8)13/h4-6,13H,3,12H2,1-2H3/t10-/m1/s1. The van der Waals surface area contributed by atoms with E-state index in [4.69, 9.17) is 5.73 Å². The smallest absolute Gasteiger partial charge is 0.120 e. The first-order valence-electron chi connectivity index (χ1n) is 4.25. The Balaban J connectivity index is 3.20. The van der Waals surface area contributed by atoms with Gasteiger partial charge < -0.3 is 10.8 Å². The average Bonchev–Trinajstić information content (AvgIpc) is 2.09. The predicted molar refractivity (Wildman–Crippen MR) is 57.6 cm³/mol. The Labute approximate surface area is 86.9 Å². The molecule has 1 rings (SSSR count). The van der Waals surface area contributed by atoms with Crippen molar-refractivity contribution in [1.82, 2.24) is 0 Å². The summed E-state index contributed by atoms with van der Waals surface area (Å²) in [4.78, 5) is 0. The van der Waals surface area contributed by atoms with Crippen molar-refractivity contribution >= 4 is 15.9 Å². The van der Waals surface area contributed by atoms with Crippen LogP contribution in [0, 0.1) is 0 Å². The molecule has 0 aliphatic heterocycles. The molecule has 0 aliphatic carbocycles. The molecule has 0 heterocycles. The first-order valence-corrected chi connectivity index (χ1v) is 5.04. The molecular formula is C10H14BrNO. The summed E-state index contributed by atoms with van der Waals surface area (Å²) in [6.07, 6.45) is 0.789. The van der Waals surface area contributed by atoms with E-state index in [1.54, 1.807) is 12.1 Å². The van der Waals surface area contributed by atoms with Crippen molar-refractivity contribution in [2.24, 2.45) is 5.73 Å². The SMILES string of the molecule is CC[C@@](C)(N)c1cc(Br)ccc1O. The number of benzene rings is 1. The van der Waals surface area contributed by atoms with Gasteiger partial charge in [-0.1, -0.05) is 22.9 Å². The van der Waals surface area contributed by atoms with Crippen molar-refractivity contribution in [2.45, 2.75) is 25.8 Å². The Morgan fingerprint density at radius 2 is 2.15 bits per heavy atom. The second-order valence-corrected chi connectivity index (χ2v) is 4.35. The van der Waals surface area contributed by atoms with Crippen LogP contribution in [0.25, 0.3) is 0 Å². The van der Waals surface area contributed by atoms with Gasteiger partial charge in [0.1, 0.15) is 5.75 Å². The second-order valence-electron chi connectivity index (χ2n) is 3.43. The number of rotatable bonds is 2. The van der Waals surface area contributed by atoms with Crippen LogP contribution in [0.1, 0.15) is 25.8 Å². The summed E-state index contributed by atoms with van der Waals surface area (Å²) in [6, 6.07) is 5.31. The lowest BCUT2D eigenvalue weighted by molar-refractivity contribution is 0.416. The molecule has 0 radical (unpaired) electrons. The number of nitrogens with two attached hydrogens (primary N) is 1. The van der Waals surface area contributed by atoms with E-state index < -0.39 is 5.54 Å². The molecule has 0 aromatic heterocycles. The minimum Gasteiger partial charge on any atom is -0.508 e. The highest BCUT2D eigenvalue weighted by atomic mass is 79.9. The van der Waals surface area contributed by atoms with Crippen LogP contribution in [0.4, 0.5) is 0 Å². The van der Waals surface area contributed by atoms with Crippen molar-refractivity contribution in [3.05, 3.63) is 28.2 Å². The van der Waals surface area contributed by atoms with Crippen molar-refractivity contribution in [2.75, 3.05) is 0 Å². The van der Waals surface area contributed by atoms with Crippen molar-refractivity contribution in [3.8, 4) is 5.75 Å². The molecule has 2 nitrogen and oxygen atoms in total. The highest BCUT2D eigenvalue weighted by Gasteiger charge is 2.22. The molecule has 1 aromatic rings. The largest absolute Gasteiger partial charge is 0.508 e. The van der Waals surface area contributed by atoms with E-state index in [0.29, 0.717) is 0 Å². The topological polar surface area (TPSA) is 46.2 Å². The fourth-order valence-corrected chi connectivity index (χ4v) is 1.52. The van der Waals surface area contributed by atoms with Crippen molar-refractivity contribution in [3.63, 3.8) is 0 Å². The molecule has 72 valence electrons. The molecular weight excluding hydrogens is 230 g/mol. The fourth-order valence-electron chi connectivity index (χ4n) is 1.16. The summed E-state index contributed by atoms with van der Waals surface area (Å²) in [6.45, 7) is 3.91. The van der Waals surface area contributed by atoms with E-state index in [-0.39, 0.29) is 5.75 Å². The van der Waals surface area contributed by atoms with Crippen molar-refractivity contribution < 1.29 is 5.11 Å². The molecule has 0 spiro atoms. The van der Waals surface area contributed by atoms with Gasteiger partial charge in [-0.3, -0.25) is 0 Å². The molecule has 0 fully saturated rings. The Kier molecular flexibility index (Phi) is 2.98. The van der Waals surface area contributed by atoms with E-state index >= 15 is 0 Å². The lowest BCUT2D eigenvalue weighted by Crippen LogP contribution is -2.31. The van der Waals surface area contributed by atoms with Gasteiger partial charge in [0.25, 0.3) is 0 Å². The minimum absolute atomic E-state index is 0.259. The number of aromatic hydroxyl groups is 1. The van der Waals surface area contributed by atoms with Gasteiger partial charge in [-0.05, 0) is 31.5 Å². The minimum atomic E-state index is -0.464. The zero-order valence-electron chi connectivity index (χ0n) is 7.84. The summed E-state index contributed by atoms with van der Waals surface area (Å²) >= 11 is 3.35. The molecule has 1 atom stereocenters. The van der Waals surface area contributed by atoms with Crippen LogP contribution >= 0.6 is 15.9 Å². The van der Waals surface area contributed by atoms with E-state index in [0.717, 1.165) is 16.5 Å². The van der Waals surface area contributed by atoms with Crippen LogP contribution in [-0.4, -0.2) is 5.11 Å². The quantitative estimate of drug-likeness (QED) is 0.840. The third-order valence-electron chi connectivity index (χ3n) is 2.31. The molecule has 13 heavy (non-hydrogen) atoms. The number of halogens is 1. The van der Waals surface area contributed by atoms with Crippen LogP contribution in [0.3, 0.4) is 0 Å². The van der Waals surface area contributed by atoms with Gasteiger partial charge in [0, 0.05) is 15.6 Å². The number of phenols is 1. The summed E-state index contributed by atoms with van der Waals surface area (Å²) in [7, 11) is 0. The predicted octanol–water partition coefficient (Wildman–Crippen LogP) is 2.74. The van der Waals surface area contributed by atoms with Gasteiger partial charge in [-0.15, -0.1) is 0 Å². The normalized spacial score (nSPS) is 15.4. The summed E-state index contributed by atoms with van der Waals surface area (Å²) in [5, 5.41) is 9.60. The summed E-state index contributed by atoms with van der Waals surface area (Å²) in [5.41, 5.74) is 6.34. The second kappa shape index (κ2) is 3.68. The van der Waals surface area contributed by atoms with Crippen LogP contribution < -0.4 is 5.73 Å². The molecule has 1 aromatic carbocycles. The lowest BCUT2D eigenvalue weighted by Gasteiger charge is -2.24. The van der Waals surface area contributed by atoms with E-state index in [2.05, 4.69) is 15.9 Å². The molecule has 0 aliphatic rings. The highest BCUT2D eigenvalue weighted by molar-refractivity contribution is 9.10. The van der Waals surface area contributed by atoms with E-state index in [1.807, 2.05) is 19.9 Å². The number of hydrogen-bond donors (Lipinski definition) is 2. The highest BCUT2D eigenvalue weighted by Crippen LogP contribution is 2.31. The van der Waals surface area contributed by atoms with E-state index in [1.165, 1.54) is 0 Å². The molecule has 0 saturated carbocycles. The maximum absolute atomic E-state index is 9.60. The van der Waals surface area contributed by atoms with Gasteiger partial charge in [-0.25, -0.2) is 0 Å². The monoisotopic (exact) mass is 243 g/mol. The summed E-state index contributed by atoms with van der Waals surface area (Å²) < 4.78 is 0.936. The number of hydrogen-bond acceptors (Lipinski definition) is 2. The van der Waals surface area contributed by atoms with Crippen molar-refractivity contribution in [1.29, 1.82) is 0 Å². The molecule has 0 bridgehead atoms. The first-order chi connectivity index (χ1) is 5.97. The van der Waals surface area contributed by atoms with Crippen LogP contribution in [0.5, 0.6) is 5.75 Å². The zero-order chi connectivity index (χ0) is 10.1. The van der Waals surface area contributed by atoms with Gasteiger partial charge in [0.05, 0.1) is 0 Å². The van der Waals surface area contributed by atoms with Crippen LogP contribution in [0.2, 0.25) is 0 Å². The van der Waals surface area contributed by atoms with Crippen LogP contribution in [0.15, 0.2) is 22.7 Å². The Morgan fingerprint density at radius 1 is 1.54 bits per heavy atom. The third-order valence-corrected chi connectivity index (χ3v) is 2.80. The van der Waals surface area contributed by atoms with Gasteiger partial charge in [-0.2, -0.15) is 0 Å². The van der Waals surface area contributed by atoms with Gasteiger partial charge in [0.2, 0.25) is 0 Å². The Hall–Kier alpha value is -0.540. The molecule has 0 amide bonds. The van der Waals surface area contributed by atoms with Gasteiger partial charge >= 0.3 is 0 Å². The lowest BCUT2D eigenvalue weighted by atomic mass is 9.90. The fraction of sp³-hybridized carbons (Fsp3) is 0.400. The molecule has 0 saturated heterocycles. The maximum atomic E-state index is 9.60. The zero-order valence-corrected chi connectivity index (χ0v) is 9.43. The van der Waals surface area contributed by atoms with E-state index in [9.17, 15) is 5.11 Å².